The van der Waals surface area contributed by atoms with Gasteiger partial charge in [0.05, 0.1) is 12.2 Å². The standard InChI is InChI=1S/C11H12N2O2/c1-9(5-4-6-12-7-14)10(2)11(3)13-8-15/h1-6H2. The van der Waals surface area contributed by atoms with E-state index in [2.05, 4.69) is 29.7 Å². The zero-order valence-corrected chi connectivity index (χ0v) is 8.45. The summed E-state index contributed by atoms with van der Waals surface area (Å²) in [5.74, 6) is 0. The highest BCUT2D eigenvalue weighted by Gasteiger charge is 2.03. The van der Waals surface area contributed by atoms with Crippen molar-refractivity contribution in [3.8, 4) is 0 Å². The molecule has 0 heterocycles. The van der Waals surface area contributed by atoms with Crippen molar-refractivity contribution in [3.05, 3.63) is 36.6 Å². The minimum Gasteiger partial charge on any atom is -0.211 e. The molecule has 0 rings (SSSR count). The molecular formula is C11H12N2O2. The van der Waals surface area contributed by atoms with Crippen LogP contribution in [0.2, 0.25) is 0 Å². The van der Waals surface area contributed by atoms with Crippen molar-refractivity contribution >= 4 is 12.2 Å². The number of nitrogens with zero attached hydrogens (tertiary/aromatic N) is 2. The van der Waals surface area contributed by atoms with Crippen molar-refractivity contribution in [2.45, 2.75) is 12.8 Å². The molecule has 0 aromatic heterocycles. The molecule has 0 saturated heterocycles. The fraction of sp³-hybridized carbons (Fsp3) is 0.273. The maximum atomic E-state index is 9.96. The zero-order chi connectivity index (χ0) is 11.7. The van der Waals surface area contributed by atoms with Crippen molar-refractivity contribution < 1.29 is 9.59 Å². The third kappa shape index (κ3) is 5.32. The Morgan fingerprint density at radius 3 is 2.33 bits per heavy atom. The van der Waals surface area contributed by atoms with Crippen LogP contribution in [-0.2, 0) is 9.59 Å². The molecule has 0 aliphatic carbocycles. The van der Waals surface area contributed by atoms with Gasteiger partial charge in [0, 0.05) is 0 Å². The van der Waals surface area contributed by atoms with E-state index < -0.39 is 0 Å². The van der Waals surface area contributed by atoms with Gasteiger partial charge in [-0.15, -0.1) is 0 Å². The second-order valence-electron chi connectivity index (χ2n) is 2.81. The van der Waals surface area contributed by atoms with Crippen molar-refractivity contribution in [2.75, 3.05) is 6.54 Å². The number of hydrogen-bond acceptors (Lipinski definition) is 4. The maximum absolute atomic E-state index is 9.96. The first-order valence-corrected chi connectivity index (χ1v) is 4.31. The minimum atomic E-state index is 0.258. The number of isocyanates is 2. The van der Waals surface area contributed by atoms with E-state index in [-0.39, 0.29) is 5.70 Å². The molecule has 78 valence electrons. The summed E-state index contributed by atoms with van der Waals surface area (Å²) in [5, 5.41) is 0. The van der Waals surface area contributed by atoms with E-state index in [1.807, 2.05) is 0 Å². The third-order valence-electron chi connectivity index (χ3n) is 1.77. The zero-order valence-electron chi connectivity index (χ0n) is 8.45. The van der Waals surface area contributed by atoms with Gasteiger partial charge in [0.25, 0.3) is 0 Å². The lowest BCUT2D eigenvalue weighted by atomic mass is 10.0. The van der Waals surface area contributed by atoms with Crippen molar-refractivity contribution in [1.82, 2.24) is 0 Å². The molecule has 0 N–H and O–H groups in total. The predicted molar refractivity (Wildman–Crippen MR) is 57.8 cm³/mol. The van der Waals surface area contributed by atoms with Gasteiger partial charge in [0.15, 0.2) is 0 Å². The fourth-order valence-corrected chi connectivity index (χ4v) is 0.895. The number of rotatable bonds is 7. The average Bonchev–Trinajstić information content (AvgIpc) is 2.23. The summed E-state index contributed by atoms with van der Waals surface area (Å²) in [6, 6.07) is 0. The second kappa shape index (κ2) is 7.39. The fourth-order valence-electron chi connectivity index (χ4n) is 0.895. The van der Waals surface area contributed by atoms with Gasteiger partial charge >= 0.3 is 0 Å². The molecule has 0 aromatic rings. The van der Waals surface area contributed by atoms with E-state index >= 15 is 0 Å². The predicted octanol–water partition coefficient (Wildman–Crippen LogP) is 2.06. The summed E-state index contributed by atoms with van der Waals surface area (Å²) >= 11 is 0. The van der Waals surface area contributed by atoms with Crippen LogP contribution in [0.4, 0.5) is 0 Å². The van der Waals surface area contributed by atoms with Crippen molar-refractivity contribution in [2.24, 2.45) is 9.98 Å². The molecule has 0 bridgehead atoms. The van der Waals surface area contributed by atoms with Gasteiger partial charge in [-0.1, -0.05) is 19.7 Å². The van der Waals surface area contributed by atoms with E-state index in [1.54, 1.807) is 0 Å². The molecule has 0 aromatic carbocycles. The topological polar surface area (TPSA) is 58.9 Å². The quantitative estimate of drug-likeness (QED) is 0.276. The molecule has 0 spiro atoms. The number of carbonyl (C=O) groups excluding carboxylic acids is 2. The monoisotopic (exact) mass is 204 g/mol. The van der Waals surface area contributed by atoms with Crippen LogP contribution in [0, 0.1) is 0 Å². The highest BCUT2D eigenvalue weighted by atomic mass is 16.1. The molecule has 0 radical (unpaired) electrons. The Morgan fingerprint density at radius 2 is 1.80 bits per heavy atom. The van der Waals surface area contributed by atoms with Crippen LogP contribution in [0.3, 0.4) is 0 Å². The summed E-state index contributed by atoms with van der Waals surface area (Å²) < 4.78 is 0. The molecule has 0 fully saturated rings. The molecule has 0 aliphatic heterocycles. The first-order valence-electron chi connectivity index (χ1n) is 4.31. The summed E-state index contributed by atoms with van der Waals surface area (Å²) in [7, 11) is 0. The van der Waals surface area contributed by atoms with Gasteiger partial charge in [-0.3, -0.25) is 0 Å². The van der Waals surface area contributed by atoms with E-state index in [4.69, 9.17) is 0 Å². The highest BCUT2D eigenvalue weighted by molar-refractivity contribution is 5.47. The Hall–Kier alpha value is -2.02. The molecule has 0 amide bonds. The van der Waals surface area contributed by atoms with E-state index in [1.165, 1.54) is 12.2 Å². The number of hydrogen-bond donors (Lipinski definition) is 0. The Morgan fingerprint density at radius 1 is 1.13 bits per heavy atom. The Balaban J connectivity index is 4.10. The normalized spacial score (nSPS) is 8.27. The summed E-state index contributed by atoms with van der Waals surface area (Å²) in [4.78, 5) is 26.5. The maximum Gasteiger partial charge on any atom is 0.240 e. The lowest BCUT2D eigenvalue weighted by Crippen LogP contribution is -1.91. The smallest absolute Gasteiger partial charge is 0.211 e. The van der Waals surface area contributed by atoms with Crippen molar-refractivity contribution in [1.29, 1.82) is 0 Å². The van der Waals surface area contributed by atoms with Gasteiger partial charge < -0.3 is 0 Å². The molecule has 4 nitrogen and oxygen atoms in total. The van der Waals surface area contributed by atoms with Crippen LogP contribution in [0.25, 0.3) is 0 Å². The molecule has 0 saturated carbocycles. The van der Waals surface area contributed by atoms with Crippen LogP contribution in [0.1, 0.15) is 12.8 Å². The van der Waals surface area contributed by atoms with Crippen LogP contribution in [-0.4, -0.2) is 18.7 Å². The number of aliphatic imine (C=N–C) groups is 2. The summed E-state index contributed by atoms with van der Waals surface area (Å²) in [6.07, 6.45) is 4.13. The van der Waals surface area contributed by atoms with Crippen LogP contribution >= 0.6 is 0 Å². The third-order valence-corrected chi connectivity index (χ3v) is 1.77. The lowest BCUT2D eigenvalue weighted by molar-refractivity contribution is 0.562. The Bertz CT molecular complexity index is 370. The van der Waals surface area contributed by atoms with Gasteiger partial charge in [0.2, 0.25) is 12.2 Å². The van der Waals surface area contributed by atoms with Crippen LogP contribution in [0.5, 0.6) is 0 Å². The molecule has 0 aliphatic rings. The van der Waals surface area contributed by atoms with Crippen LogP contribution < -0.4 is 0 Å². The largest absolute Gasteiger partial charge is 0.240 e. The van der Waals surface area contributed by atoms with Gasteiger partial charge in [-0.05, 0) is 24.0 Å². The Labute approximate surface area is 88.4 Å². The lowest BCUT2D eigenvalue weighted by Gasteiger charge is -2.06. The van der Waals surface area contributed by atoms with Gasteiger partial charge in [0.1, 0.15) is 0 Å². The molecular weight excluding hydrogens is 192 g/mol. The van der Waals surface area contributed by atoms with Gasteiger partial charge in [-0.25, -0.2) is 14.6 Å². The van der Waals surface area contributed by atoms with Gasteiger partial charge in [-0.2, -0.15) is 4.99 Å². The first-order chi connectivity index (χ1) is 7.13. The highest BCUT2D eigenvalue weighted by Crippen LogP contribution is 2.19. The van der Waals surface area contributed by atoms with Crippen LogP contribution in [0.15, 0.2) is 46.6 Å². The SMILES string of the molecule is C=C(CCCN=C=O)C(=C)C(=C)N=C=O. The Kier molecular flexibility index (Phi) is 6.39. The van der Waals surface area contributed by atoms with E-state index in [0.717, 1.165) is 5.57 Å². The van der Waals surface area contributed by atoms with E-state index in [0.29, 0.717) is 25.0 Å². The molecule has 4 heteroatoms. The molecule has 0 unspecified atom stereocenters. The minimum absolute atomic E-state index is 0.258. The first kappa shape index (κ1) is 13.0. The summed E-state index contributed by atoms with van der Waals surface area (Å²) in [5.41, 5.74) is 1.50. The average molecular weight is 204 g/mol. The molecule has 0 atom stereocenters. The second-order valence-corrected chi connectivity index (χ2v) is 2.81. The molecule has 15 heavy (non-hydrogen) atoms. The van der Waals surface area contributed by atoms with Crippen molar-refractivity contribution in [3.63, 3.8) is 0 Å². The van der Waals surface area contributed by atoms with E-state index in [9.17, 15) is 9.59 Å². The number of allylic oxidation sites excluding steroid dienone is 1. The summed E-state index contributed by atoms with van der Waals surface area (Å²) in [6.45, 7) is 11.4.